The molecule has 0 aliphatic carbocycles. The average molecular weight is 424 g/mol. The van der Waals surface area contributed by atoms with Gasteiger partial charge in [-0.1, -0.05) is 30.3 Å². The number of fused-ring (bicyclic) bond motifs is 1. The number of hydrogen-bond acceptors (Lipinski definition) is 6. The second-order valence-electron chi connectivity index (χ2n) is 6.22. The lowest BCUT2D eigenvalue weighted by atomic mass is 10.1. The minimum Gasteiger partial charge on any atom is -0.424 e. The number of benzene rings is 2. The van der Waals surface area contributed by atoms with Crippen molar-refractivity contribution in [1.82, 2.24) is 0 Å². The molecule has 10 heteroatoms. The molecular formula is C18H17O8PS. The van der Waals surface area contributed by atoms with Crippen LogP contribution in [0.25, 0.3) is 11.0 Å². The van der Waals surface area contributed by atoms with Crippen molar-refractivity contribution < 1.29 is 31.4 Å². The van der Waals surface area contributed by atoms with E-state index in [-0.39, 0.29) is 22.3 Å². The third kappa shape index (κ3) is 4.69. The van der Waals surface area contributed by atoms with Gasteiger partial charge >= 0.3 is 13.2 Å². The smallest absolute Gasteiger partial charge is 0.383 e. The van der Waals surface area contributed by atoms with Gasteiger partial charge in [0.15, 0.2) is 0 Å². The highest BCUT2D eigenvalue weighted by Gasteiger charge is 2.31. The first-order valence-electron chi connectivity index (χ1n) is 8.14. The molecule has 3 rings (SSSR count). The molecule has 0 bridgehead atoms. The average Bonchev–Trinajstić information content (AvgIpc) is 2.59. The Morgan fingerprint density at radius 3 is 2.46 bits per heavy atom. The fourth-order valence-electron chi connectivity index (χ4n) is 2.73. The van der Waals surface area contributed by atoms with E-state index in [1.165, 1.54) is 18.2 Å². The van der Waals surface area contributed by atoms with Crippen LogP contribution in [-0.2, 0) is 20.4 Å². The first-order chi connectivity index (χ1) is 13.0. The van der Waals surface area contributed by atoms with Crippen LogP contribution in [0.5, 0.6) is 5.75 Å². The molecule has 1 aromatic heterocycles. The minimum absolute atomic E-state index is 0.0201. The van der Waals surface area contributed by atoms with Crippen LogP contribution < -0.4 is 10.1 Å². The van der Waals surface area contributed by atoms with Crippen LogP contribution in [0.1, 0.15) is 23.7 Å². The monoisotopic (exact) mass is 424 g/mol. The summed E-state index contributed by atoms with van der Waals surface area (Å²) < 4.78 is 54.3. The Morgan fingerprint density at radius 1 is 1.14 bits per heavy atom. The Balaban J connectivity index is 1.96. The van der Waals surface area contributed by atoms with Crippen LogP contribution in [0.3, 0.4) is 0 Å². The normalized spacial score (nSPS) is 15.1. The van der Waals surface area contributed by atoms with Crippen molar-refractivity contribution in [3.63, 3.8) is 0 Å². The number of rotatable bonds is 6. The van der Waals surface area contributed by atoms with Gasteiger partial charge in [-0.05, 0) is 30.2 Å². The highest BCUT2D eigenvalue weighted by molar-refractivity contribution is 7.85. The topological polar surface area (TPSA) is 131 Å². The molecule has 148 valence electrons. The fraction of sp³-hybridized carbons (Fsp3) is 0.167. The van der Waals surface area contributed by atoms with Crippen LogP contribution in [0.15, 0.2) is 63.8 Å². The van der Waals surface area contributed by atoms with Gasteiger partial charge in [0.25, 0.3) is 10.1 Å². The van der Waals surface area contributed by atoms with Gasteiger partial charge in [-0.15, -0.1) is 0 Å². The van der Waals surface area contributed by atoms with Gasteiger partial charge in [-0.2, -0.15) is 8.42 Å². The largest absolute Gasteiger partial charge is 0.424 e. The molecule has 1 unspecified atom stereocenters. The van der Waals surface area contributed by atoms with Crippen molar-refractivity contribution in [2.75, 3.05) is 0 Å². The van der Waals surface area contributed by atoms with Crippen molar-refractivity contribution in [3.05, 3.63) is 76.1 Å². The molecule has 8 nitrogen and oxygen atoms in total. The Morgan fingerprint density at radius 2 is 1.82 bits per heavy atom. The second kappa shape index (κ2) is 7.52. The zero-order valence-corrected chi connectivity index (χ0v) is 16.4. The van der Waals surface area contributed by atoms with Gasteiger partial charge in [0, 0.05) is 17.5 Å². The third-order valence-electron chi connectivity index (χ3n) is 4.15. The van der Waals surface area contributed by atoms with Crippen molar-refractivity contribution in [3.8, 4) is 5.75 Å². The minimum atomic E-state index is -4.36. The quantitative estimate of drug-likeness (QED) is 0.349. The lowest BCUT2D eigenvalue weighted by molar-refractivity contribution is 0.368. The van der Waals surface area contributed by atoms with Gasteiger partial charge in [0.1, 0.15) is 17.1 Å². The molecule has 3 aromatic rings. The van der Waals surface area contributed by atoms with E-state index in [9.17, 15) is 22.7 Å². The Kier molecular flexibility index (Phi) is 5.45. The summed E-state index contributed by atoms with van der Waals surface area (Å²) in [6, 6.07) is 13.6. The van der Waals surface area contributed by atoms with Crippen molar-refractivity contribution in [2.24, 2.45) is 0 Å². The van der Waals surface area contributed by atoms with E-state index in [0.717, 1.165) is 6.07 Å². The zero-order valence-electron chi connectivity index (χ0n) is 14.7. The molecule has 0 saturated heterocycles. The summed E-state index contributed by atoms with van der Waals surface area (Å²) in [6.07, 6.45) is 0. The first kappa shape index (κ1) is 20.3. The molecule has 0 amide bonds. The summed E-state index contributed by atoms with van der Waals surface area (Å²) >= 11 is 0. The maximum atomic E-state index is 12.7. The SMILES string of the molecule is C[C@@H](c1ccccc1)P(=O)(O)Oc1ccc2c(CS(=O)(=O)O)cc(=O)oc2c1. The summed E-state index contributed by atoms with van der Waals surface area (Å²) in [5.41, 5.74) is -0.993. The Hall–Kier alpha value is -2.45. The predicted octanol–water partition coefficient (Wildman–Crippen LogP) is 3.51. The summed E-state index contributed by atoms with van der Waals surface area (Å²) in [7, 11) is -8.48. The molecule has 28 heavy (non-hydrogen) atoms. The molecular weight excluding hydrogens is 407 g/mol. The first-order valence-corrected chi connectivity index (χ1v) is 11.4. The number of hydrogen-bond donors (Lipinski definition) is 2. The summed E-state index contributed by atoms with van der Waals surface area (Å²) in [6.45, 7) is 1.56. The van der Waals surface area contributed by atoms with E-state index in [2.05, 4.69) is 0 Å². The Labute approximate surface area is 160 Å². The molecule has 0 aliphatic rings. The van der Waals surface area contributed by atoms with Gasteiger partial charge in [-0.3, -0.25) is 4.55 Å². The molecule has 0 spiro atoms. The highest BCUT2D eigenvalue weighted by Crippen LogP contribution is 2.56. The van der Waals surface area contributed by atoms with Crippen LogP contribution >= 0.6 is 7.60 Å². The summed E-state index contributed by atoms with van der Waals surface area (Å²) in [4.78, 5) is 22.0. The molecule has 0 fully saturated rings. The van der Waals surface area contributed by atoms with Crippen molar-refractivity contribution in [1.29, 1.82) is 0 Å². The van der Waals surface area contributed by atoms with Crippen LogP contribution in [0, 0.1) is 0 Å². The van der Waals surface area contributed by atoms with Gasteiger partial charge in [0.2, 0.25) is 0 Å². The van der Waals surface area contributed by atoms with E-state index in [1.807, 2.05) is 0 Å². The third-order valence-corrected chi connectivity index (χ3v) is 6.57. The molecule has 0 radical (unpaired) electrons. The highest BCUT2D eigenvalue weighted by atomic mass is 32.2. The van der Waals surface area contributed by atoms with E-state index >= 15 is 0 Å². The van der Waals surface area contributed by atoms with E-state index in [0.29, 0.717) is 5.56 Å². The zero-order chi connectivity index (χ0) is 20.5. The molecule has 1 heterocycles. The molecule has 0 saturated carbocycles. The van der Waals surface area contributed by atoms with E-state index in [1.54, 1.807) is 37.3 Å². The molecule has 2 atom stereocenters. The molecule has 2 N–H and O–H groups in total. The van der Waals surface area contributed by atoms with Crippen molar-refractivity contribution in [2.45, 2.75) is 18.3 Å². The predicted molar refractivity (Wildman–Crippen MR) is 103 cm³/mol. The van der Waals surface area contributed by atoms with Crippen LogP contribution in [0.2, 0.25) is 0 Å². The second-order valence-corrected chi connectivity index (χ2v) is 9.75. The van der Waals surface area contributed by atoms with E-state index < -0.39 is 34.8 Å². The lowest BCUT2D eigenvalue weighted by Crippen LogP contribution is -2.07. The van der Waals surface area contributed by atoms with Crippen molar-refractivity contribution >= 4 is 28.7 Å². The van der Waals surface area contributed by atoms with Gasteiger partial charge < -0.3 is 13.8 Å². The summed E-state index contributed by atoms with van der Waals surface area (Å²) in [5.74, 6) is -0.785. The standard InChI is InChI=1S/C18H17O8PS/c1-12(13-5-3-2-4-6-13)27(20,21)26-15-7-8-16-14(11-28(22,23)24)9-18(19)25-17(16)10-15/h2-10,12H,11H2,1H3,(H,20,21)(H,22,23,24)/t12-/m0/s1. The lowest BCUT2D eigenvalue weighted by Gasteiger charge is -2.20. The van der Waals surface area contributed by atoms with E-state index in [4.69, 9.17) is 13.5 Å². The van der Waals surface area contributed by atoms with Gasteiger partial charge in [-0.25, -0.2) is 9.36 Å². The molecule has 2 aromatic carbocycles. The maximum Gasteiger partial charge on any atom is 0.383 e. The Bertz CT molecular complexity index is 1220. The van der Waals surface area contributed by atoms with Crippen LogP contribution in [0.4, 0.5) is 0 Å². The van der Waals surface area contributed by atoms with Gasteiger partial charge in [0.05, 0.1) is 5.66 Å². The summed E-state index contributed by atoms with van der Waals surface area (Å²) in [5, 5.41) is 0.258. The van der Waals surface area contributed by atoms with Crippen LogP contribution in [-0.4, -0.2) is 17.9 Å². The molecule has 0 aliphatic heterocycles. The fourth-order valence-corrected chi connectivity index (χ4v) is 4.49. The maximum absolute atomic E-state index is 12.7.